The summed E-state index contributed by atoms with van der Waals surface area (Å²) < 4.78 is 5.13. The maximum atomic E-state index is 13.6. The molecule has 0 unspecified atom stereocenters. The van der Waals surface area contributed by atoms with Crippen molar-refractivity contribution in [1.29, 1.82) is 0 Å². The van der Waals surface area contributed by atoms with Crippen LogP contribution in [0.4, 0.5) is 5.69 Å². The molecule has 0 spiro atoms. The van der Waals surface area contributed by atoms with Gasteiger partial charge in [0.25, 0.3) is 0 Å². The van der Waals surface area contributed by atoms with E-state index in [0.29, 0.717) is 23.4 Å². The molecule has 0 aliphatic carbocycles. The second kappa shape index (κ2) is 17.8. The highest BCUT2D eigenvalue weighted by molar-refractivity contribution is 5.99. The van der Waals surface area contributed by atoms with Crippen LogP contribution in [0.5, 0.6) is 5.75 Å². The normalized spacial score (nSPS) is 12.6. The number of aliphatic hydroxyl groups is 1. The van der Waals surface area contributed by atoms with Crippen molar-refractivity contribution < 1.29 is 33.8 Å². The lowest BCUT2D eigenvalue weighted by atomic mass is 10.0. The van der Waals surface area contributed by atoms with Gasteiger partial charge in [-0.3, -0.25) is 24.0 Å². The van der Waals surface area contributed by atoms with Gasteiger partial charge in [0.15, 0.2) is 0 Å². The van der Waals surface area contributed by atoms with E-state index in [9.17, 15) is 29.1 Å². The van der Waals surface area contributed by atoms with Gasteiger partial charge in [-0.25, -0.2) is 0 Å². The van der Waals surface area contributed by atoms with Gasteiger partial charge in [0.2, 0.25) is 29.5 Å². The first-order valence-corrected chi connectivity index (χ1v) is 14.5. The Morgan fingerprint density at radius 1 is 0.711 bits per heavy atom. The summed E-state index contributed by atoms with van der Waals surface area (Å²) in [7, 11) is 1.51. The smallest absolute Gasteiger partial charge is 0.246 e. The summed E-state index contributed by atoms with van der Waals surface area (Å²) in [4.78, 5) is 64.1. The van der Waals surface area contributed by atoms with Gasteiger partial charge in [0.05, 0.1) is 13.7 Å². The van der Waals surface area contributed by atoms with Crippen LogP contribution < -0.4 is 31.7 Å². The Bertz CT molecular complexity index is 1420. The van der Waals surface area contributed by atoms with E-state index in [1.54, 1.807) is 54.6 Å². The van der Waals surface area contributed by atoms with Gasteiger partial charge in [0.1, 0.15) is 23.9 Å². The van der Waals surface area contributed by atoms with E-state index in [1.165, 1.54) is 7.11 Å². The van der Waals surface area contributed by atoms with Crippen molar-refractivity contribution in [3.8, 4) is 5.75 Å². The third kappa shape index (κ3) is 11.8. The molecule has 3 aromatic rings. The lowest BCUT2D eigenvalue weighted by Gasteiger charge is -2.25. The highest BCUT2D eigenvalue weighted by Crippen LogP contribution is 2.16. The van der Waals surface area contributed by atoms with Crippen LogP contribution in [0.2, 0.25) is 0 Å². The third-order valence-corrected chi connectivity index (χ3v) is 6.90. The second-order valence-corrected chi connectivity index (χ2v) is 10.3. The zero-order chi connectivity index (χ0) is 32.6. The van der Waals surface area contributed by atoms with E-state index in [-0.39, 0.29) is 25.7 Å². The lowest BCUT2D eigenvalue weighted by Crippen LogP contribution is -2.57. The number of primary amides is 1. The molecule has 3 aromatic carbocycles. The van der Waals surface area contributed by atoms with Gasteiger partial charge in [0, 0.05) is 24.9 Å². The van der Waals surface area contributed by atoms with Gasteiger partial charge in [-0.05, 0) is 48.2 Å². The molecule has 3 rings (SSSR count). The lowest BCUT2D eigenvalue weighted by molar-refractivity contribution is -0.133. The van der Waals surface area contributed by atoms with E-state index in [2.05, 4.69) is 21.3 Å². The summed E-state index contributed by atoms with van der Waals surface area (Å²) in [5.74, 6) is -2.61. The van der Waals surface area contributed by atoms with Crippen LogP contribution in [0, 0.1) is 0 Å². The number of nitrogens with one attached hydrogen (secondary N) is 4. The Kier molecular flexibility index (Phi) is 13.5. The predicted octanol–water partition coefficient (Wildman–Crippen LogP) is 1.22. The molecule has 7 N–H and O–H groups in total. The molecule has 238 valence electrons. The van der Waals surface area contributed by atoms with Crippen molar-refractivity contribution in [2.24, 2.45) is 5.73 Å². The number of amides is 5. The second-order valence-electron chi connectivity index (χ2n) is 10.3. The Morgan fingerprint density at radius 3 is 1.87 bits per heavy atom. The number of anilines is 1. The molecule has 0 bridgehead atoms. The first kappa shape index (κ1) is 34.3. The van der Waals surface area contributed by atoms with E-state index < -0.39 is 54.3 Å². The van der Waals surface area contributed by atoms with Crippen LogP contribution in [0.15, 0.2) is 84.9 Å². The van der Waals surface area contributed by atoms with Crippen LogP contribution in [0.1, 0.15) is 30.4 Å². The number of aryl methyl sites for hydroxylation is 1. The van der Waals surface area contributed by atoms with Gasteiger partial charge in [-0.2, -0.15) is 0 Å². The largest absolute Gasteiger partial charge is 0.497 e. The molecular weight excluding hydrogens is 578 g/mol. The number of hydrogen-bond donors (Lipinski definition) is 6. The van der Waals surface area contributed by atoms with Crippen LogP contribution in [0.3, 0.4) is 0 Å². The van der Waals surface area contributed by atoms with Gasteiger partial charge < -0.3 is 36.8 Å². The molecule has 12 nitrogen and oxygen atoms in total. The Balaban J connectivity index is 1.72. The van der Waals surface area contributed by atoms with Crippen LogP contribution in [0.25, 0.3) is 0 Å². The highest BCUT2D eigenvalue weighted by Gasteiger charge is 2.30. The SMILES string of the molecule is COc1ccc(NC(=O)[C@H](CCC(N)=O)NC(=O)[C@H](Cc2ccccc2)NC(=O)[C@H](CO)NC(=O)CCc2ccccc2)cc1. The molecule has 0 aromatic heterocycles. The average Bonchev–Trinajstić information content (AvgIpc) is 3.05. The number of rotatable bonds is 17. The maximum Gasteiger partial charge on any atom is 0.246 e. The molecule has 0 fully saturated rings. The standard InChI is InChI=1S/C33H39N5O7/c1-45-25-15-13-24(14-16-25)35-31(42)26(17-18-29(34)40)37-32(43)27(20-23-10-6-3-7-11-23)38-33(44)28(21-39)36-30(41)19-12-22-8-4-2-5-9-22/h2-11,13-16,26-28,39H,12,17-21H2,1H3,(H2,34,40)(H,35,42)(H,36,41)(H,37,43)(H,38,44)/t26-,27-,28-/m0/s1. The molecular formula is C33H39N5O7. The Labute approximate surface area is 261 Å². The topological polar surface area (TPSA) is 189 Å². The molecule has 12 heteroatoms. The van der Waals surface area contributed by atoms with E-state index in [4.69, 9.17) is 10.5 Å². The third-order valence-electron chi connectivity index (χ3n) is 6.90. The minimum Gasteiger partial charge on any atom is -0.497 e. The predicted molar refractivity (Wildman–Crippen MR) is 168 cm³/mol. The van der Waals surface area contributed by atoms with Crippen LogP contribution >= 0.6 is 0 Å². The molecule has 45 heavy (non-hydrogen) atoms. The molecule has 0 aliphatic heterocycles. The fourth-order valence-corrected chi connectivity index (χ4v) is 4.43. The fraction of sp³-hybridized carbons (Fsp3) is 0.303. The molecule has 5 amide bonds. The van der Waals surface area contributed by atoms with Gasteiger partial charge in [-0.1, -0.05) is 60.7 Å². The minimum atomic E-state index is -1.32. The Hall–Kier alpha value is -5.23. The summed E-state index contributed by atoms with van der Waals surface area (Å²) in [6, 6.07) is 21.1. The molecule has 3 atom stereocenters. The van der Waals surface area contributed by atoms with Crippen LogP contribution in [-0.4, -0.2) is 66.5 Å². The number of aliphatic hydroxyl groups excluding tert-OH is 1. The van der Waals surface area contributed by atoms with Crippen molar-refractivity contribution in [3.63, 3.8) is 0 Å². The number of carbonyl (C=O) groups is 5. The number of methoxy groups -OCH3 is 1. The molecule has 0 heterocycles. The summed E-state index contributed by atoms with van der Waals surface area (Å²) in [5.41, 5.74) is 7.40. The van der Waals surface area contributed by atoms with E-state index >= 15 is 0 Å². The Morgan fingerprint density at radius 2 is 1.29 bits per heavy atom. The van der Waals surface area contributed by atoms with Crippen molar-refractivity contribution in [2.75, 3.05) is 19.0 Å². The molecule has 0 aliphatic rings. The van der Waals surface area contributed by atoms with E-state index in [0.717, 1.165) is 5.56 Å². The number of carbonyl (C=O) groups excluding carboxylic acids is 5. The molecule has 0 saturated heterocycles. The molecule has 0 radical (unpaired) electrons. The number of benzene rings is 3. The summed E-state index contributed by atoms with van der Waals surface area (Å²) in [6.45, 7) is -0.700. The van der Waals surface area contributed by atoms with E-state index in [1.807, 2.05) is 30.3 Å². The van der Waals surface area contributed by atoms with Gasteiger partial charge >= 0.3 is 0 Å². The first-order chi connectivity index (χ1) is 21.7. The first-order valence-electron chi connectivity index (χ1n) is 14.5. The monoisotopic (exact) mass is 617 g/mol. The van der Waals surface area contributed by atoms with Crippen molar-refractivity contribution in [2.45, 2.75) is 50.2 Å². The quantitative estimate of drug-likeness (QED) is 0.131. The average molecular weight is 618 g/mol. The number of ether oxygens (including phenoxy) is 1. The zero-order valence-corrected chi connectivity index (χ0v) is 25.0. The highest BCUT2D eigenvalue weighted by atomic mass is 16.5. The zero-order valence-electron chi connectivity index (χ0n) is 25.0. The van der Waals surface area contributed by atoms with Crippen molar-refractivity contribution >= 4 is 35.2 Å². The minimum absolute atomic E-state index is 0.0428. The van der Waals surface area contributed by atoms with Gasteiger partial charge in [-0.15, -0.1) is 0 Å². The maximum absolute atomic E-state index is 13.6. The van der Waals surface area contributed by atoms with Crippen molar-refractivity contribution in [3.05, 3.63) is 96.1 Å². The molecule has 0 saturated carbocycles. The fourth-order valence-electron chi connectivity index (χ4n) is 4.43. The number of nitrogens with two attached hydrogens (primary N) is 1. The summed E-state index contributed by atoms with van der Waals surface area (Å²) in [5, 5.41) is 20.3. The van der Waals surface area contributed by atoms with Crippen LogP contribution in [-0.2, 0) is 36.8 Å². The number of hydrogen-bond acceptors (Lipinski definition) is 7. The summed E-state index contributed by atoms with van der Waals surface area (Å²) in [6.07, 6.45) is 0.300. The summed E-state index contributed by atoms with van der Waals surface area (Å²) >= 11 is 0. The van der Waals surface area contributed by atoms with Crippen molar-refractivity contribution in [1.82, 2.24) is 16.0 Å².